The number of hydrogen-bond donors (Lipinski definition) is 1. The molecule has 3 aromatic rings. The van der Waals surface area contributed by atoms with Crippen LogP contribution in [0.4, 0.5) is 5.69 Å². The van der Waals surface area contributed by atoms with E-state index in [0.29, 0.717) is 0 Å². The molecule has 0 spiro atoms. The van der Waals surface area contributed by atoms with E-state index in [-0.39, 0.29) is 36.1 Å². The first-order valence-corrected chi connectivity index (χ1v) is 15.5. The van der Waals surface area contributed by atoms with Crippen LogP contribution in [0, 0.1) is 16.0 Å². The molecule has 0 fully saturated rings. The standard InChI is InChI=1S/C29H34BrN2O7P/c1-3-8-23(9-4-2)21-37-29(33)28(20-22-10-6-5-7-11-22)31-40(36,38-26-16-12-24(30)13-17-26)39-27-18-14-25(15-19-27)32(34)35/h5-7,10-19,23,28H,3-4,8-9,20-21H2,1-2H3,(H,31,36)/t28-,40?/m0/s1. The first-order valence-electron chi connectivity index (χ1n) is 13.2. The lowest BCUT2D eigenvalue weighted by molar-refractivity contribution is -0.384. The Bertz CT molecular complexity index is 1270. The molecule has 0 radical (unpaired) electrons. The average Bonchev–Trinajstić information content (AvgIpc) is 2.93. The summed E-state index contributed by atoms with van der Waals surface area (Å²) in [5.41, 5.74) is 0.671. The highest BCUT2D eigenvalue weighted by atomic mass is 79.9. The van der Waals surface area contributed by atoms with Gasteiger partial charge in [0.05, 0.1) is 11.5 Å². The maximum absolute atomic E-state index is 14.2. The van der Waals surface area contributed by atoms with Crippen molar-refractivity contribution in [2.45, 2.75) is 52.0 Å². The van der Waals surface area contributed by atoms with Gasteiger partial charge < -0.3 is 13.8 Å². The minimum atomic E-state index is -4.27. The number of hydrogen-bond acceptors (Lipinski definition) is 7. The molecule has 3 rings (SSSR count). The molecule has 0 bridgehead atoms. The van der Waals surface area contributed by atoms with Gasteiger partial charge in [0.1, 0.15) is 17.5 Å². The number of esters is 1. The molecular weight excluding hydrogens is 599 g/mol. The summed E-state index contributed by atoms with van der Waals surface area (Å²) in [7, 11) is -4.27. The van der Waals surface area contributed by atoms with Gasteiger partial charge in [-0.2, -0.15) is 5.09 Å². The van der Waals surface area contributed by atoms with Gasteiger partial charge in [-0.1, -0.05) is 73.0 Å². The molecule has 0 heterocycles. The monoisotopic (exact) mass is 632 g/mol. The lowest BCUT2D eigenvalue weighted by atomic mass is 9.99. The molecule has 1 unspecified atom stereocenters. The minimum Gasteiger partial charge on any atom is -0.464 e. The van der Waals surface area contributed by atoms with Crippen molar-refractivity contribution in [1.29, 1.82) is 0 Å². The number of rotatable bonds is 16. The summed E-state index contributed by atoms with van der Waals surface area (Å²) >= 11 is 3.36. The van der Waals surface area contributed by atoms with Crippen molar-refractivity contribution in [2.75, 3.05) is 6.61 Å². The van der Waals surface area contributed by atoms with Gasteiger partial charge in [0.25, 0.3) is 5.69 Å². The molecular formula is C29H34BrN2O7P. The summed E-state index contributed by atoms with van der Waals surface area (Å²) in [4.78, 5) is 23.9. The fourth-order valence-corrected chi connectivity index (χ4v) is 5.91. The number of ether oxygens (including phenoxy) is 1. The van der Waals surface area contributed by atoms with Crippen LogP contribution in [0.15, 0.2) is 83.3 Å². The lowest BCUT2D eigenvalue weighted by Gasteiger charge is -2.25. The van der Waals surface area contributed by atoms with Crippen molar-refractivity contribution in [3.8, 4) is 11.5 Å². The molecule has 0 aliphatic rings. The number of carbonyl (C=O) groups excluding carboxylic acids is 1. The van der Waals surface area contributed by atoms with Crippen LogP contribution in [-0.4, -0.2) is 23.5 Å². The number of nitro groups is 1. The van der Waals surface area contributed by atoms with Crippen LogP contribution >= 0.6 is 23.7 Å². The van der Waals surface area contributed by atoms with E-state index in [0.717, 1.165) is 35.7 Å². The van der Waals surface area contributed by atoms with Gasteiger partial charge in [0, 0.05) is 16.6 Å². The van der Waals surface area contributed by atoms with Crippen molar-refractivity contribution in [1.82, 2.24) is 5.09 Å². The van der Waals surface area contributed by atoms with Gasteiger partial charge in [-0.15, -0.1) is 0 Å². The normalized spacial score (nSPS) is 13.3. The molecule has 40 heavy (non-hydrogen) atoms. The van der Waals surface area contributed by atoms with Crippen molar-refractivity contribution >= 4 is 35.3 Å². The van der Waals surface area contributed by atoms with Gasteiger partial charge in [0.15, 0.2) is 0 Å². The number of benzene rings is 3. The van der Waals surface area contributed by atoms with Crippen LogP contribution in [0.25, 0.3) is 0 Å². The first-order chi connectivity index (χ1) is 19.2. The van der Waals surface area contributed by atoms with E-state index in [1.165, 1.54) is 24.3 Å². The first kappa shape index (κ1) is 31.3. The minimum absolute atomic E-state index is 0.0660. The molecule has 0 saturated heterocycles. The van der Waals surface area contributed by atoms with Crippen molar-refractivity contribution in [3.05, 3.63) is 99.0 Å². The van der Waals surface area contributed by atoms with Crippen molar-refractivity contribution < 1.29 is 28.1 Å². The predicted molar refractivity (Wildman–Crippen MR) is 157 cm³/mol. The molecule has 0 aliphatic heterocycles. The van der Waals surface area contributed by atoms with Crippen LogP contribution in [0.2, 0.25) is 0 Å². The third-order valence-electron chi connectivity index (χ3n) is 6.05. The summed E-state index contributed by atoms with van der Waals surface area (Å²) in [5.74, 6) is -0.0402. The molecule has 0 amide bonds. The second-order valence-corrected chi connectivity index (χ2v) is 11.9. The topological polar surface area (TPSA) is 117 Å². The van der Waals surface area contributed by atoms with Gasteiger partial charge in [-0.05, 0) is 67.1 Å². The van der Waals surface area contributed by atoms with Gasteiger partial charge in [0.2, 0.25) is 0 Å². The molecule has 214 valence electrons. The van der Waals surface area contributed by atoms with E-state index in [1.807, 2.05) is 30.3 Å². The summed E-state index contributed by atoms with van der Waals surface area (Å²) < 4.78 is 32.3. The van der Waals surface area contributed by atoms with E-state index in [4.69, 9.17) is 13.8 Å². The number of carbonyl (C=O) groups is 1. The second kappa shape index (κ2) is 15.6. The maximum Gasteiger partial charge on any atom is 0.513 e. The Morgan fingerprint density at radius 2 is 1.48 bits per heavy atom. The number of nitro benzene ring substituents is 1. The Morgan fingerprint density at radius 3 is 2.00 bits per heavy atom. The number of non-ortho nitro benzene ring substituents is 1. The second-order valence-electron chi connectivity index (χ2n) is 9.33. The van der Waals surface area contributed by atoms with E-state index in [2.05, 4.69) is 34.9 Å². The van der Waals surface area contributed by atoms with Crippen LogP contribution in [-0.2, 0) is 20.5 Å². The highest BCUT2D eigenvalue weighted by molar-refractivity contribution is 9.10. The molecule has 11 heteroatoms. The predicted octanol–water partition coefficient (Wildman–Crippen LogP) is 7.88. The van der Waals surface area contributed by atoms with Gasteiger partial charge in [-0.3, -0.25) is 14.9 Å². The third-order valence-corrected chi connectivity index (χ3v) is 8.11. The fraction of sp³-hybridized carbons (Fsp3) is 0.345. The smallest absolute Gasteiger partial charge is 0.464 e. The maximum atomic E-state index is 14.2. The largest absolute Gasteiger partial charge is 0.513 e. The van der Waals surface area contributed by atoms with Crippen molar-refractivity contribution in [3.63, 3.8) is 0 Å². The van der Waals surface area contributed by atoms with E-state index in [9.17, 15) is 19.5 Å². The zero-order valence-corrected chi connectivity index (χ0v) is 25.0. The number of nitrogens with one attached hydrogen (secondary N) is 1. The molecule has 3 aromatic carbocycles. The van der Waals surface area contributed by atoms with Crippen LogP contribution < -0.4 is 14.1 Å². The molecule has 1 N–H and O–H groups in total. The molecule has 9 nitrogen and oxygen atoms in total. The Hall–Kier alpha value is -3.20. The highest BCUT2D eigenvalue weighted by Crippen LogP contribution is 2.46. The third kappa shape index (κ3) is 10.1. The highest BCUT2D eigenvalue weighted by Gasteiger charge is 2.36. The number of nitrogens with zero attached hydrogens (tertiary/aromatic N) is 1. The fourth-order valence-electron chi connectivity index (χ4n) is 4.12. The molecule has 0 aromatic heterocycles. The SMILES string of the molecule is CCCC(CCC)COC(=O)[C@H](Cc1ccccc1)NP(=O)(Oc1ccc(Br)cc1)Oc1ccc([N+](=O)[O-])cc1. The van der Waals surface area contributed by atoms with Gasteiger partial charge >= 0.3 is 13.7 Å². The van der Waals surface area contributed by atoms with Crippen LogP contribution in [0.1, 0.15) is 45.1 Å². The zero-order chi connectivity index (χ0) is 29.0. The molecule has 0 saturated carbocycles. The Kier molecular flexibility index (Phi) is 12.2. The number of halogens is 1. The van der Waals surface area contributed by atoms with Crippen LogP contribution in [0.3, 0.4) is 0 Å². The Balaban J connectivity index is 1.90. The van der Waals surface area contributed by atoms with E-state index < -0.39 is 24.7 Å². The Labute approximate surface area is 243 Å². The van der Waals surface area contributed by atoms with Crippen LogP contribution in [0.5, 0.6) is 11.5 Å². The van der Waals surface area contributed by atoms with Gasteiger partial charge in [-0.25, -0.2) is 4.57 Å². The molecule has 2 atom stereocenters. The summed E-state index contributed by atoms with van der Waals surface area (Å²) in [6.07, 6.45) is 4.00. The summed E-state index contributed by atoms with van der Waals surface area (Å²) in [6.45, 7) is 4.44. The Morgan fingerprint density at radius 1 is 0.925 bits per heavy atom. The molecule has 0 aliphatic carbocycles. The lowest BCUT2D eigenvalue weighted by Crippen LogP contribution is -2.40. The quantitative estimate of drug-likeness (QED) is 0.0733. The zero-order valence-electron chi connectivity index (χ0n) is 22.5. The summed E-state index contributed by atoms with van der Waals surface area (Å²) in [5, 5.41) is 13.9. The summed E-state index contributed by atoms with van der Waals surface area (Å²) in [6, 6.07) is 19.9. The van der Waals surface area contributed by atoms with E-state index >= 15 is 0 Å². The van der Waals surface area contributed by atoms with E-state index in [1.54, 1.807) is 24.3 Å². The van der Waals surface area contributed by atoms with Crippen molar-refractivity contribution in [2.24, 2.45) is 5.92 Å². The average molecular weight is 633 g/mol.